The molecule has 2 atom stereocenters. The topological polar surface area (TPSA) is 0 Å². The van der Waals surface area contributed by atoms with Crippen LogP contribution in [0.25, 0.3) is 0 Å². The van der Waals surface area contributed by atoms with Gasteiger partial charge in [0.2, 0.25) is 0 Å². The van der Waals surface area contributed by atoms with Crippen molar-refractivity contribution in [3.05, 3.63) is 35.4 Å². The summed E-state index contributed by atoms with van der Waals surface area (Å²) < 4.78 is 0. The van der Waals surface area contributed by atoms with E-state index >= 15 is 0 Å². The Kier molecular flexibility index (Phi) is 4.62. The lowest BCUT2D eigenvalue weighted by Crippen LogP contribution is -1.97. The normalized spacial score (nSPS) is 15.6. The van der Waals surface area contributed by atoms with Crippen LogP contribution in [-0.4, -0.2) is 20.5 Å². The van der Waals surface area contributed by atoms with E-state index in [0.717, 1.165) is 11.8 Å². The molecule has 0 heterocycles. The van der Waals surface area contributed by atoms with Crippen molar-refractivity contribution >= 4 is 20.5 Å². The largest absolute Gasteiger partial charge is 0.0617 e. The van der Waals surface area contributed by atoms with E-state index in [1.165, 1.54) is 32.6 Å². The van der Waals surface area contributed by atoms with Gasteiger partial charge < -0.3 is 0 Å². The third-order valence-electron chi connectivity index (χ3n) is 3.27. The Bertz CT molecular complexity index is 258. The fraction of sp³-hybridized carbons (Fsp3) is 0.500. The lowest BCUT2D eigenvalue weighted by molar-refractivity contribution is 0.832. The highest BCUT2D eigenvalue weighted by molar-refractivity contribution is 6.09. The summed E-state index contributed by atoms with van der Waals surface area (Å²) in [6, 6.07) is 12.0. The standard InChI is InChI=1S/C12H22Si2/c1-9(7-13)11-4-3-5-12(6-11)10(2)8-14/h3-6,9-10H,7-8H2,1-2,13-14H3. The summed E-state index contributed by atoms with van der Waals surface area (Å²) in [7, 11) is 2.62. The first-order valence-corrected chi connectivity index (χ1v) is 8.61. The van der Waals surface area contributed by atoms with Crippen molar-refractivity contribution in [3.8, 4) is 0 Å². The highest BCUT2D eigenvalue weighted by Gasteiger charge is 2.06. The van der Waals surface area contributed by atoms with Crippen LogP contribution in [0.5, 0.6) is 0 Å². The maximum Gasteiger partial charge on any atom is 0.00355 e. The Balaban J connectivity index is 2.89. The van der Waals surface area contributed by atoms with E-state index < -0.39 is 0 Å². The summed E-state index contributed by atoms with van der Waals surface area (Å²) in [5.74, 6) is 1.53. The molecule has 78 valence electrons. The smallest absolute Gasteiger partial charge is 0.00355 e. The molecule has 2 unspecified atom stereocenters. The maximum absolute atomic E-state index is 2.42. The van der Waals surface area contributed by atoms with Crippen LogP contribution < -0.4 is 0 Å². The summed E-state index contributed by atoms with van der Waals surface area (Å²) in [4.78, 5) is 0. The average Bonchev–Trinajstić information content (AvgIpc) is 2.27. The molecule has 0 aliphatic heterocycles. The van der Waals surface area contributed by atoms with E-state index in [2.05, 4.69) is 38.1 Å². The quantitative estimate of drug-likeness (QED) is 0.677. The van der Waals surface area contributed by atoms with Gasteiger partial charge in [0.1, 0.15) is 0 Å². The molecular formula is C12H22Si2. The molecular weight excluding hydrogens is 200 g/mol. The molecule has 0 N–H and O–H groups in total. The predicted molar refractivity (Wildman–Crippen MR) is 72.8 cm³/mol. The Morgan fingerprint density at radius 2 is 1.43 bits per heavy atom. The predicted octanol–water partition coefficient (Wildman–Crippen LogP) is 1.46. The second kappa shape index (κ2) is 5.51. The molecule has 1 rings (SSSR count). The number of hydrogen-bond donors (Lipinski definition) is 0. The van der Waals surface area contributed by atoms with Gasteiger partial charge in [0, 0.05) is 20.5 Å². The highest BCUT2D eigenvalue weighted by atomic mass is 28.1. The van der Waals surface area contributed by atoms with E-state index in [9.17, 15) is 0 Å². The second-order valence-electron chi connectivity index (χ2n) is 4.29. The lowest BCUT2D eigenvalue weighted by atomic mass is 9.96. The molecule has 0 bridgehead atoms. The molecule has 0 spiro atoms. The fourth-order valence-electron chi connectivity index (χ4n) is 1.64. The first-order valence-electron chi connectivity index (χ1n) is 5.78. The van der Waals surface area contributed by atoms with Gasteiger partial charge >= 0.3 is 0 Å². The molecule has 1 aromatic rings. The van der Waals surface area contributed by atoms with E-state index in [1.54, 1.807) is 11.1 Å². The number of hydrogen-bond acceptors (Lipinski definition) is 0. The van der Waals surface area contributed by atoms with Crippen molar-refractivity contribution in [3.63, 3.8) is 0 Å². The minimum atomic E-state index is 0.767. The Hall–Kier alpha value is -0.346. The summed E-state index contributed by atoms with van der Waals surface area (Å²) >= 11 is 0. The summed E-state index contributed by atoms with van der Waals surface area (Å²) in [6.07, 6.45) is 0. The van der Waals surface area contributed by atoms with Gasteiger partial charge in [0.25, 0.3) is 0 Å². The first-order chi connectivity index (χ1) is 6.69. The van der Waals surface area contributed by atoms with Crippen LogP contribution in [-0.2, 0) is 0 Å². The first kappa shape index (κ1) is 11.7. The van der Waals surface area contributed by atoms with Crippen molar-refractivity contribution in [2.75, 3.05) is 0 Å². The molecule has 0 radical (unpaired) electrons. The van der Waals surface area contributed by atoms with Crippen molar-refractivity contribution in [2.45, 2.75) is 37.8 Å². The molecule has 0 fully saturated rings. The molecule has 0 amide bonds. The molecule has 0 aliphatic rings. The van der Waals surface area contributed by atoms with Crippen LogP contribution in [0.4, 0.5) is 0 Å². The van der Waals surface area contributed by atoms with Gasteiger partial charge in [-0.1, -0.05) is 50.2 Å². The lowest BCUT2D eigenvalue weighted by Gasteiger charge is -2.14. The minimum absolute atomic E-state index is 0.767. The van der Waals surface area contributed by atoms with Crippen molar-refractivity contribution in [1.82, 2.24) is 0 Å². The highest BCUT2D eigenvalue weighted by Crippen LogP contribution is 2.24. The van der Waals surface area contributed by atoms with Gasteiger partial charge in [-0.2, -0.15) is 0 Å². The van der Waals surface area contributed by atoms with Crippen LogP contribution in [0.3, 0.4) is 0 Å². The van der Waals surface area contributed by atoms with Crippen LogP contribution in [0.1, 0.15) is 36.8 Å². The SMILES string of the molecule is CC(C[SiH3])c1cccc(C(C)C[SiH3])c1. The minimum Gasteiger partial charge on any atom is -0.0617 e. The third-order valence-corrected chi connectivity index (χ3v) is 5.72. The molecule has 0 saturated heterocycles. The van der Waals surface area contributed by atoms with Crippen LogP contribution in [0.15, 0.2) is 24.3 Å². The van der Waals surface area contributed by atoms with Gasteiger partial charge in [0.15, 0.2) is 0 Å². The zero-order valence-corrected chi connectivity index (χ0v) is 13.9. The fourth-order valence-corrected chi connectivity index (χ4v) is 2.59. The molecule has 0 aromatic heterocycles. The van der Waals surface area contributed by atoms with Gasteiger partial charge in [-0.25, -0.2) is 0 Å². The molecule has 2 heteroatoms. The van der Waals surface area contributed by atoms with E-state index in [-0.39, 0.29) is 0 Å². The Labute approximate surface area is 94.0 Å². The van der Waals surface area contributed by atoms with Gasteiger partial charge in [-0.3, -0.25) is 0 Å². The zero-order chi connectivity index (χ0) is 10.6. The number of rotatable bonds is 4. The third kappa shape index (κ3) is 2.82. The molecule has 1 aromatic carbocycles. The monoisotopic (exact) mass is 222 g/mol. The van der Waals surface area contributed by atoms with Gasteiger partial charge in [-0.15, -0.1) is 0 Å². The number of benzene rings is 1. The van der Waals surface area contributed by atoms with Gasteiger partial charge in [0.05, 0.1) is 0 Å². The molecule has 14 heavy (non-hydrogen) atoms. The molecule has 0 nitrogen and oxygen atoms in total. The van der Waals surface area contributed by atoms with Crippen LogP contribution >= 0.6 is 0 Å². The van der Waals surface area contributed by atoms with Crippen LogP contribution in [0, 0.1) is 0 Å². The van der Waals surface area contributed by atoms with E-state index in [4.69, 9.17) is 0 Å². The van der Waals surface area contributed by atoms with Crippen molar-refractivity contribution in [1.29, 1.82) is 0 Å². The zero-order valence-electron chi connectivity index (χ0n) is 9.88. The Morgan fingerprint density at radius 3 is 1.79 bits per heavy atom. The molecule has 0 saturated carbocycles. The summed E-state index contributed by atoms with van der Waals surface area (Å²) in [6.45, 7) is 4.69. The van der Waals surface area contributed by atoms with Gasteiger partial charge in [-0.05, 0) is 23.0 Å². The van der Waals surface area contributed by atoms with E-state index in [1.807, 2.05) is 0 Å². The summed E-state index contributed by atoms with van der Waals surface area (Å²) in [5, 5.41) is 0. The van der Waals surface area contributed by atoms with Crippen LogP contribution in [0.2, 0.25) is 12.1 Å². The Morgan fingerprint density at radius 1 is 1.00 bits per heavy atom. The van der Waals surface area contributed by atoms with E-state index in [0.29, 0.717) is 0 Å². The molecule has 0 aliphatic carbocycles. The average molecular weight is 222 g/mol. The second-order valence-corrected chi connectivity index (χ2v) is 5.92. The summed E-state index contributed by atoms with van der Waals surface area (Å²) in [5.41, 5.74) is 3.08. The van der Waals surface area contributed by atoms with Crippen molar-refractivity contribution < 1.29 is 0 Å². The maximum atomic E-state index is 2.42. The van der Waals surface area contributed by atoms with Crippen molar-refractivity contribution in [2.24, 2.45) is 0 Å².